The minimum absolute atomic E-state index is 0.0847. The number of benzene rings is 1. The number of fused-ring (bicyclic) bond motifs is 1. The van der Waals surface area contributed by atoms with Gasteiger partial charge in [0.2, 0.25) is 5.95 Å². The van der Waals surface area contributed by atoms with Crippen molar-refractivity contribution in [2.45, 2.75) is 27.7 Å². The summed E-state index contributed by atoms with van der Waals surface area (Å²) < 4.78 is 5.20. The van der Waals surface area contributed by atoms with Crippen molar-refractivity contribution in [2.24, 2.45) is 11.1 Å². The minimum atomic E-state index is -0.429. The summed E-state index contributed by atoms with van der Waals surface area (Å²) in [5.74, 6) is 0.715. The number of nitrogens with two attached hydrogens (primary N) is 2. The molecular weight excluding hydrogens is 522 g/mol. The van der Waals surface area contributed by atoms with Gasteiger partial charge in [0.25, 0.3) is 5.91 Å². The number of ether oxygens (including phenoxy) is 1. The number of nitrogens with zero attached hydrogens (tertiary/aromatic N) is 6. The van der Waals surface area contributed by atoms with Crippen molar-refractivity contribution in [3.05, 3.63) is 47.4 Å². The molecule has 4 rings (SSSR count). The third-order valence-corrected chi connectivity index (χ3v) is 6.93. The highest BCUT2D eigenvalue weighted by Crippen LogP contribution is 2.28. The van der Waals surface area contributed by atoms with Crippen molar-refractivity contribution < 1.29 is 9.53 Å². The molecule has 1 aliphatic heterocycles. The fourth-order valence-corrected chi connectivity index (χ4v) is 4.21. The van der Waals surface area contributed by atoms with Gasteiger partial charge in [-0.15, -0.1) is 0 Å². The number of anilines is 4. The van der Waals surface area contributed by atoms with Gasteiger partial charge in [0.1, 0.15) is 23.2 Å². The van der Waals surface area contributed by atoms with Gasteiger partial charge in [-0.05, 0) is 30.7 Å². The molecule has 0 unspecified atom stereocenters. The van der Waals surface area contributed by atoms with Gasteiger partial charge < -0.3 is 31.7 Å². The molecule has 2 aromatic heterocycles. The lowest BCUT2D eigenvalue weighted by Crippen LogP contribution is -2.47. The number of nitrogens with one attached hydrogen (secondary N) is 3. The van der Waals surface area contributed by atoms with E-state index in [1.165, 1.54) is 12.4 Å². The van der Waals surface area contributed by atoms with Gasteiger partial charge in [-0.1, -0.05) is 26.8 Å². The lowest BCUT2D eigenvalue weighted by atomic mass is 9.92. The lowest BCUT2D eigenvalue weighted by molar-refractivity contribution is 0.0977. The zero-order chi connectivity index (χ0) is 29.7. The maximum atomic E-state index is 12.9. The number of nitrogen functional groups attached to an aromatic ring is 1. The van der Waals surface area contributed by atoms with E-state index in [9.17, 15) is 4.79 Å². The van der Waals surface area contributed by atoms with Crippen LogP contribution in [0.25, 0.3) is 11.0 Å². The monoisotopic (exact) mass is 561 g/mol. The highest BCUT2D eigenvalue weighted by atomic mass is 16.5. The summed E-state index contributed by atoms with van der Waals surface area (Å²) in [5.41, 5.74) is 15.4. The van der Waals surface area contributed by atoms with E-state index in [0.717, 1.165) is 38.3 Å². The van der Waals surface area contributed by atoms with E-state index in [4.69, 9.17) is 26.6 Å². The van der Waals surface area contributed by atoms with Gasteiger partial charge in [0.15, 0.2) is 11.6 Å². The summed E-state index contributed by atoms with van der Waals surface area (Å²) in [6.07, 6.45) is 2.86. The van der Waals surface area contributed by atoms with Crippen molar-refractivity contribution in [1.82, 2.24) is 30.2 Å². The van der Waals surface area contributed by atoms with Crippen LogP contribution in [0.4, 0.5) is 23.3 Å². The van der Waals surface area contributed by atoms with Crippen molar-refractivity contribution in [3.8, 4) is 0 Å². The number of carbonyl (C=O) groups is 1. The number of amides is 1. The second-order valence-corrected chi connectivity index (χ2v) is 11.0. The number of hydrogen-bond acceptors (Lipinski definition) is 12. The van der Waals surface area contributed by atoms with E-state index >= 15 is 0 Å². The minimum Gasteiger partial charge on any atom is -0.401 e. The Morgan fingerprint density at radius 3 is 2.56 bits per heavy atom. The second kappa shape index (κ2) is 12.4. The molecule has 13 nitrogen and oxygen atoms in total. The summed E-state index contributed by atoms with van der Waals surface area (Å²) in [6.45, 7) is 12.6. The Balaban J connectivity index is 1.56. The number of rotatable bonds is 8. The molecule has 0 spiro atoms. The van der Waals surface area contributed by atoms with Crippen molar-refractivity contribution in [2.75, 3.05) is 62.4 Å². The molecule has 1 aliphatic rings. The first kappa shape index (κ1) is 29.6. The Kier molecular flexibility index (Phi) is 8.98. The smallest absolute Gasteiger partial charge is 0.256 e. The number of aromatic nitrogens is 4. The number of carbonyl (C=O) groups excluding carboxylic acids is 1. The highest BCUT2D eigenvalue weighted by molar-refractivity contribution is 6.09. The Bertz CT molecular complexity index is 1460. The first-order valence-electron chi connectivity index (χ1n) is 13.5. The van der Waals surface area contributed by atoms with E-state index < -0.39 is 5.91 Å². The highest BCUT2D eigenvalue weighted by Gasteiger charge is 2.22. The maximum Gasteiger partial charge on any atom is 0.256 e. The maximum absolute atomic E-state index is 12.9. The molecule has 1 saturated heterocycles. The van der Waals surface area contributed by atoms with Gasteiger partial charge in [0.05, 0.1) is 6.61 Å². The standard InChI is InChI=1S/C28H39N11O2/c1-17-6-7-18(26(40)35-21(30)15-20(29)28(2,3)4)14-19(17)34-25-23-22(32-16-33-25)24(31)37-27(36-23)39-10-8-38(9-11-39)12-13-41-5/h6-7,14-16H,8-13,29H2,1-5H3,(H2,30,35,40)(H2,31,36,37)(H,32,33,34). The Morgan fingerprint density at radius 1 is 1.15 bits per heavy atom. The topological polar surface area (TPSA) is 184 Å². The number of hydrogen-bond donors (Lipinski definition) is 5. The first-order valence-corrected chi connectivity index (χ1v) is 13.5. The summed E-state index contributed by atoms with van der Waals surface area (Å²) in [5, 5.41) is 14.0. The van der Waals surface area contributed by atoms with Gasteiger partial charge in [-0.3, -0.25) is 15.1 Å². The lowest BCUT2D eigenvalue weighted by Gasteiger charge is -2.34. The first-order chi connectivity index (χ1) is 19.5. The van der Waals surface area contributed by atoms with Crippen LogP contribution in [-0.2, 0) is 4.74 Å². The average molecular weight is 562 g/mol. The SMILES string of the molecule is COCCN1CCN(c2nc(N)c3ncnc(Nc4cc(C(=O)NC(=N)C=C(N)C(C)(C)C)ccc4C)c3n2)CC1. The summed E-state index contributed by atoms with van der Waals surface area (Å²) in [4.78, 5) is 35.4. The average Bonchev–Trinajstić information content (AvgIpc) is 2.93. The molecular formula is C28H39N11O2. The van der Waals surface area contributed by atoms with Crippen LogP contribution in [0.15, 0.2) is 36.3 Å². The van der Waals surface area contributed by atoms with Crippen LogP contribution >= 0.6 is 0 Å². The number of aryl methyl sites for hydroxylation is 1. The quantitative estimate of drug-likeness (QED) is 0.201. The van der Waals surface area contributed by atoms with Crippen LogP contribution in [-0.4, -0.2) is 83.0 Å². The molecule has 1 amide bonds. The van der Waals surface area contributed by atoms with Gasteiger partial charge in [-0.2, -0.15) is 4.98 Å². The van der Waals surface area contributed by atoms with Crippen LogP contribution < -0.4 is 27.0 Å². The van der Waals surface area contributed by atoms with Crippen LogP contribution in [0.5, 0.6) is 0 Å². The predicted molar refractivity (Wildman–Crippen MR) is 161 cm³/mol. The van der Waals surface area contributed by atoms with Crippen molar-refractivity contribution in [1.29, 1.82) is 5.41 Å². The van der Waals surface area contributed by atoms with E-state index in [2.05, 4.69) is 35.4 Å². The molecule has 0 saturated carbocycles. The Morgan fingerprint density at radius 2 is 1.88 bits per heavy atom. The fraction of sp³-hybridized carbons (Fsp3) is 0.429. The second-order valence-electron chi connectivity index (χ2n) is 11.0. The molecule has 3 heterocycles. The third-order valence-electron chi connectivity index (χ3n) is 6.93. The fourth-order valence-electron chi connectivity index (χ4n) is 4.21. The zero-order valence-corrected chi connectivity index (χ0v) is 24.3. The van der Waals surface area contributed by atoms with Crippen molar-refractivity contribution >= 4 is 46.0 Å². The van der Waals surface area contributed by atoms with Gasteiger partial charge in [0, 0.05) is 62.2 Å². The largest absolute Gasteiger partial charge is 0.401 e. The number of allylic oxidation sites excluding steroid dienone is 1. The number of amidine groups is 1. The molecule has 1 aromatic carbocycles. The Labute approximate surface area is 239 Å². The summed E-state index contributed by atoms with van der Waals surface area (Å²) in [6, 6.07) is 5.22. The molecule has 0 atom stereocenters. The van der Waals surface area contributed by atoms with E-state index in [-0.39, 0.29) is 17.1 Å². The van der Waals surface area contributed by atoms with Gasteiger partial charge >= 0.3 is 0 Å². The van der Waals surface area contributed by atoms with E-state index in [1.807, 2.05) is 33.8 Å². The molecule has 7 N–H and O–H groups in total. The molecule has 0 radical (unpaired) electrons. The Hall–Kier alpha value is -4.36. The van der Waals surface area contributed by atoms with Gasteiger partial charge in [-0.25, -0.2) is 15.0 Å². The summed E-state index contributed by atoms with van der Waals surface area (Å²) in [7, 11) is 1.71. The zero-order valence-electron chi connectivity index (χ0n) is 24.3. The number of methoxy groups -OCH3 is 1. The van der Waals surface area contributed by atoms with E-state index in [1.54, 1.807) is 19.2 Å². The molecule has 218 valence electrons. The molecule has 13 heteroatoms. The van der Waals surface area contributed by atoms with Crippen LogP contribution in [0.2, 0.25) is 0 Å². The summed E-state index contributed by atoms with van der Waals surface area (Å²) >= 11 is 0. The van der Waals surface area contributed by atoms with Crippen LogP contribution in [0.1, 0.15) is 36.7 Å². The van der Waals surface area contributed by atoms with Crippen LogP contribution in [0, 0.1) is 17.7 Å². The van der Waals surface area contributed by atoms with Crippen molar-refractivity contribution in [3.63, 3.8) is 0 Å². The molecule has 41 heavy (non-hydrogen) atoms. The normalized spacial score (nSPS) is 14.8. The number of piperazine rings is 1. The molecule has 3 aromatic rings. The van der Waals surface area contributed by atoms with E-state index in [0.29, 0.717) is 46.4 Å². The molecule has 0 aliphatic carbocycles. The van der Waals surface area contributed by atoms with Crippen LogP contribution in [0.3, 0.4) is 0 Å². The predicted octanol–water partition coefficient (Wildman–Crippen LogP) is 2.42. The third kappa shape index (κ3) is 7.24. The molecule has 0 bridgehead atoms. The molecule has 1 fully saturated rings.